The number of nitrogens with one attached hydrogen (secondary N) is 1. The van der Waals surface area contributed by atoms with Crippen LogP contribution in [0.4, 0.5) is 10.1 Å². The summed E-state index contributed by atoms with van der Waals surface area (Å²) in [6.07, 6.45) is 2.41. The maximum Gasteiger partial charge on any atom is 0.262 e. The highest BCUT2D eigenvalue weighted by molar-refractivity contribution is 7.92. The molecule has 0 fully saturated rings. The first-order valence-corrected chi connectivity index (χ1v) is 6.57. The van der Waals surface area contributed by atoms with E-state index in [4.69, 9.17) is 0 Å². The van der Waals surface area contributed by atoms with Gasteiger partial charge < -0.3 is 4.52 Å². The van der Waals surface area contributed by atoms with Gasteiger partial charge in [0.1, 0.15) is 17.8 Å². The van der Waals surface area contributed by atoms with Crippen LogP contribution in [0.1, 0.15) is 11.1 Å². The molecule has 0 unspecified atom stereocenters. The first kappa shape index (κ1) is 12.6. The molecule has 0 aliphatic rings. The van der Waals surface area contributed by atoms with Crippen molar-refractivity contribution in [3.8, 4) is 0 Å². The average molecular weight is 270 g/mol. The molecule has 0 bridgehead atoms. The van der Waals surface area contributed by atoms with Gasteiger partial charge in [-0.3, -0.25) is 4.72 Å². The molecule has 0 saturated carbocycles. The Kier molecular flexibility index (Phi) is 3.08. The topological polar surface area (TPSA) is 72.2 Å². The summed E-state index contributed by atoms with van der Waals surface area (Å²) in [5, 5.41) is 3.40. The maximum atomic E-state index is 13.1. The zero-order valence-corrected chi connectivity index (χ0v) is 10.6. The van der Waals surface area contributed by atoms with Crippen LogP contribution in [-0.2, 0) is 10.0 Å². The van der Waals surface area contributed by atoms with Crippen LogP contribution in [0.25, 0.3) is 0 Å². The van der Waals surface area contributed by atoms with E-state index in [0.29, 0.717) is 11.1 Å². The largest absolute Gasteiger partial charge is 0.362 e. The van der Waals surface area contributed by atoms with Crippen molar-refractivity contribution < 1.29 is 17.3 Å². The summed E-state index contributed by atoms with van der Waals surface area (Å²) in [6.45, 7) is 3.08. The summed E-state index contributed by atoms with van der Waals surface area (Å²) in [5.74, 6) is -0.464. The Hall–Kier alpha value is -1.89. The van der Waals surface area contributed by atoms with Gasteiger partial charge in [-0.25, -0.2) is 12.8 Å². The van der Waals surface area contributed by atoms with Gasteiger partial charge in [0.15, 0.2) is 0 Å². The average Bonchev–Trinajstić information content (AvgIpc) is 2.66. The number of anilines is 1. The van der Waals surface area contributed by atoms with Crippen molar-refractivity contribution in [2.45, 2.75) is 18.7 Å². The van der Waals surface area contributed by atoms with Gasteiger partial charge in [0.05, 0.1) is 11.1 Å². The molecular weight excluding hydrogens is 259 g/mol. The Balaban J connectivity index is 2.48. The monoisotopic (exact) mass is 270 g/mol. The predicted octanol–water partition coefficient (Wildman–Crippen LogP) is 2.23. The first-order chi connectivity index (χ1) is 8.40. The second-order valence-electron chi connectivity index (χ2n) is 3.89. The molecule has 0 amide bonds. The van der Waals surface area contributed by atoms with Gasteiger partial charge in [0, 0.05) is 0 Å². The first-order valence-electron chi connectivity index (χ1n) is 5.09. The Morgan fingerprint density at radius 2 is 1.89 bits per heavy atom. The van der Waals surface area contributed by atoms with Crippen molar-refractivity contribution in [3.05, 3.63) is 41.5 Å². The summed E-state index contributed by atoms with van der Waals surface area (Å²) in [6, 6.07) is 2.35. The molecule has 0 radical (unpaired) electrons. The fourth-order valence-corrected chi connectivity index (χ4v) is 3.26. The molecule has 1 aromatic carbocycles. The molecular formula is C11H11FN2O3S. The normalized spacial score (nSPS) is 11.5. The number of hydrogen-bond acceptors (Lipinski definition) is 4. The number of hydrogen-bond donors (Lipinski definition) is 1. The molecule has 18 heavy (non-hydrogen) atoms. The third kappa shape index (κ3) is 2.35. The quantitative estimate of drug-likeness (QED) is 0.928. The summed E-state index contributed by atoms with van der Waals surface area (Å²) >= 11 is 0. The fourth-order valence-electron chi connectivity index (χ4n) is 1.78. The summed E-state index contributed by atoms with van der Waals surface area (Å²) in [4.78, 5) is 0.0603. The van der Waals surface area contributed by atoms with E-state index in [9.17, 15) is 12.8 Å². The van der Waals surface area contributed by atoms with Crippen molar-refractivity contribution in [2.75, 3.05) is 4.72 Å². The van der Waals surface area contributed by atoms with E-state index >= 15 is 0 Å². The highest BCUT2D eigenvalue weighted by Crippen LogP contribution is 2.23. The number of nitrogens with zero attached hydrogens (tertiary/aromatic N) is 1. The molecule has 0 atom stereocenters. The smallest absolute Gasteiger partial charge is 0.262 e. The highest BCUT2D eigenvalue weighted by Gasteiger charge is 2.21. The summed E-state index contributed by atoms with van der Waals surface area (Å²) < 4.78 is 44.3. The van der Waals surface area contributed by atoms with Gasteiger partial charge in [-0.05, 0) is 37.1 Å². The van der Waals surface area contributed by atoms with Gasteiger partial charge in [0.2, 0.25) is 0 Å². The van der Waals surface area contributed by atoms with Crippen LogP contribution in [0.2, 0.25) is 0 Å². The van der Waals surface area contributed by atoms with E-state index in [2.05, 4.69) is 14.4 Å². The Morgan fingerprint density at radius 1 is 1.28 bits per heavy atom. The highest BCUT2D eigenvalue weighted by atomic mass is 32.2. The molecule has 5 nitrogen and oxygen atoms in total. The number of aryl methyl sites for hydroxylation is 2. The molecule has 0 spiro atoms. The van der Waals surface area contributed by atoms with E-state index in [0.717, 1.165) is 0 Å². The second kappa shape index (κ2) is 4.41. The molecule has 96 valence electrons. The van der Waals surface area contributed by atoms with E-state index in [1.807, 2.05) is 0 Å². The van der Waals surface area contributed by atoms with Crippen molar-refractivity contribution in [3.63, 3.8) is 0 Å². The minimum Gasteiger partial charge on any atom is -0.362 e. The second-order valence-corrected chi connectivity index (χ2v) is 5.51. The Bertz CT molecular complexity index is 643. The molecule has 2 aromatic rings. The fraction of sp³-hybridized carbons (Fsp3) is 0.182. The zero-order valence-electron chi connectivity index (χ0n) is 9.77. The van der Waals surface area contributed by atoms with Gasteiger partial charge in [-0.15, -0.1) is 0 Å². The number of benzene rings is 1. The van der Waals surface area contributed by atoms with Gasteiger partial charge in [0.25, 0.3) is 10.0 Å². The lowest BCUT2D eigenvalue weighted by Gasteiger charge is -2.11. The predicted molar refractivity (Wildman–Crippen MR) is 63.2 cm³/mol. The third-order valence-corrected chi connectivity index (χ3v) is 4.06. The van der Waals surface area contributed by atoms with Gasteiger partial charge >= 0.3 is 0 Å². The lowest BCUT2D eigenvalue weighted by Crippen LogP contribution is -2.15. The lowest BCUT2D eigenvalue weighted by molar-refractivity contribution is 0.420. The molecule has 7 heteroatoms. The van der Waals surface area contributed by atoms with Crippen molar-refractivity contribution >= 4 is 15.7 Å². The molecule has 0 saturated heterocycles. The SMILES string of the molecule is Cc1cc(F)cc(C)c1S(=O)(=O)Nc1cnoc1. The standard InChI is InChI=1S/C11H11FN2O3S/c1-7-3-9(12)4-8(2)11(7)18(15,16)14-10-5-13-17-6-10/h3-6,14H,1-2H3. The summed E-state index contributed by atoms with van der Waals surface area (Å²) in [5.41, 5.74) is 0.908. The zero-order chi connectivity index (χ0) is 13.3. The van der Waals surface area contributed by atoms with Crippen LogP contribution in [0.3, 0.4) is 0 Å². The van der Waals surface area contributed by atoms with Crippen LogP contribution >= 0.6 is 0 Å². The van der Waals surface area contributed by atoms with Gasteiger partial charge in [-0.2, -0.15) is 0 Å². The lowest BCUT2D eigenvalue weighted by atomic mass is 10.1. The number of rotatable bonds is 3. The van der Waals surface area contributed by atoms with Crippen molar-refractivity contribution in [1.29, 1.82) is 0 Å². The number of sulfonamides is 1. The molecule has 0 aliphatic heterocycles. The molecule has 1 N–H and O–H groups in total. The Morgan fingerprint density at radius 3 is 2.39 bits per heavy atom. The minimum absolute atomic E-state index is 0.0603. The van der Waals surface area contributed by atoms with E-state index in [1.165, 1.54) is 38.4 Å². The van der Waals surface area contributed by atoms with Crippen LogP contribution < -0.4 is 4.72 Å². The van der Waals surface area contributed by atoms with E-state index in [1.54, 1.807) is 0 Å². The molecule has 1 heterocycles. The maximum absolute atomic E-state index is 13.1. The molecule has 2 rings (SSSR count). The van der Waals surface area contributed by atoms with Crippen molar-refractivity contribution in [2.24, 2.45) is 0 Å². The Labute approximate surface area is 104 Å². The third-order valence-electron chi connectivity index (χ3n) is 2.38. The number of halogens is 1. The van der Waals surface area contributed by atoms with E-state index < -0.39 is 15.8 Å². The van der Waals surface area contributed by atoms with Crippen LogP contribution in [0.15, 0.2) is 34.0 Å². The van der Waals surface area contributed by atoms with Crippen LogP contribution in [0.5, 0.6) is 0 Å². The van der Waals surface area contributed by atoms with Gasteiger partial charge in [-0.1, -0.05) is 5.16 Å². The minimum atomic E-state index is -3.78. The van der Waals surface area contributed by atoms with Crippen LogP contribution in [-0.4, -0.2) is 13.6 Å². The molecule has 0 aliphatic carbocycles. The van der Waals surface area contributed by atoms with E-state index in [-0.39, 0.29) is 10.6 Å². The van der Waals surface area contributed by atoms with Crippen LogP contribution in [0, 0.1) is 19.7 Å². The number of aromatic nitrogens is 1. The molecule has 1 aromatic heterocycles. The van der Waals surface area contributed by atoms with Crippen molar-refractivity contribution in [1.82, 2.24) is 5.16 Å². The summed E-state index contributed by atoms with van der Waals surface area (Å²) in [7, 11) is -3.78.